The minimum absolute atomic E-state index is 0.0370. The maximum atomic E-state index is 11.7. The van der Waals surface area contributed by atoms with Gasteiger partial charge in [-0.25, -0.2) is 0 Å². The standard InChI is InChI=1S/C11H14O2/c1-7(2)9-5-4-8(3)10(6-12)11(9)13/h4-7,10H,1-3H3. The first kappa shape index (κ1) is 9.90. The quantitative estimate of drug-likeness (QED) is 0.478. The zero-order chi connectivity index (χ0) is 10.0. The Balaban J connectivity index is 3.04. The van der Waals surface area contributed by atoms with Gasteiger partial charge >= 0.3 is 0 Å². The smallest absolute Gasteiger partial charge is 0.173 e. The molecule has 0 spiro atoms. The van der Waals surface area contributed by atoms with Gasteiger partial charge in [-0.05, 0) is 18.4 Å². The summed E-state index contributed by atoms with van der Waals surface area (Å²) in [6.07, 6.45) is 4.40. The molecular weight excluding hydrogens is 164 g/mol. The van der Waals surface area contributed by atoms with Crippen molar-refractivity contribution in [3.63, 3.8) is 0 Å². The SMILES string of the molecule is CC1=CC=C(C(C)C)C(=O)C1C=O. The number of hydrogen-bond donors (Lipinski definition) is 0. The van der Waals surface area contributed by atoms with Crippen molar-refractivity contribution in [3.8, 4) is 0 Å². The average Bonchev–Trinajstić information content (AvgIpc) is 2.04. The van der Waals surface area contributed by atoms with Gasteiger partial charge in [-0.1, -0.05) is 31.6 Å². The van der Waals surface area contributed by atoms with Crippen LogP contribution in [0.1, 0.15) is 20.8 Å². The van der Waals surface area contributed by atoms with Crippen LogP contribution in [-0.2, 0) is 9.59 Å². The Morgan fingerprint density at radius 2 is 2.00 bits per heavy atom. The van der Waals surface area contributed by atoms with Crippen LogP contribution >= 0.6 is 0 Å². The van der Waals surface area contributed by atoms with E-state index in [2.05, 4.69) is 0 Å². The van der Waals surface area contributed by atoms with E-state index in [4.69, 9.17) is 0 Å². The van der Waals surface area contributed by atoms with Crippen molar-refractivity contribution in [1.29, 1.82) is 0 Å². The maximum Gasteiger partial charge on any atom is 0.173 e. The number of allylic oxidation sites excluding steroid dienone is 4. The molecule has 1 rings (SSSR count). The molecule has 1 aliphatic rings. The third kappa shape index (κ3) is 1.77. The lowest BCUT2D eigenvalue weighted by atomic mass is 9.83. The van der Waals surface area contributed by atoms with Gasteiger partial charge in [-0.2, -0.15) is 0 Å². The summed E-state index contributed by atoms with van der Waals surface area (Å²) < 4.78 is 0. The topological polar surface area (TPSA) is 34.1 Å². The third-order valence-electron chi connectivity index (χ3n) is 2.34. The van der Waals surface area contributed by atoms with Crippen LogP contribution in [-0.4, -0.2) is 12.1 Å². The molecule has 13 heavy (non-hydrogen) atoms. The molecule has 0 radical (unpaired) electrons. The molecule has 0 bridgehead atoms. The van der Waals surface area contributed by atoms with Gasteiger partial charge in [0, 0.05) is 0 Å². The molecule has 2 nitrogen and oxygen atoms in total. The highest BCUT2D eigenvalue weighted by Crippen LogP contribution is 2.24. The van der Waals surface area contributed by atoms with E-state index >= 15 is 0 Å². The summed E-state index contributed by atoms with van der Waals surface area (Å²) in [4.78, 5) is 22.3. The van der Waals surface area contributed by atoms with Crippen LogP contribution in [0.15, 0.2) is 23.3 Å². The number of carbonyl (C=O) groups is 2. The van der Waals surface area contributed by atoms with E-state index in [9.17, 15) is 9.59 Å². The van der Waals surface area contributed by atoms with Crippen molar-refractivity contribution in [2.75, 3.05) is 0 Å². The van der Waals surface area contributed by atoms with Gasteiger partial charge in [0.05, 0.1) is 5.92 Å². The third-order valence-corrected chi connectivity index (χ3v) is 2.34. The molecule has 0 heterocycles. The highest BCUT2D eigenvalue weighted by Gasteiger charge is 2.26. The van der Waals surface area contributed by atoms with Crippen LogP contribution in [0.3, 0.4) is 0 Å². The molecule has 0 saturated carbocycles. The lowest BCUT2D eigenvalue weighted by Gasteiger charge is -2.18. The van der Waals surface area contributed by atoms with Crippen LogP contribution < -0.4 is 0 Å². The van der Waals surface area contributed by atoms with Crippen LogP contribution in [0, 0.1) is 11.8 Å². The predicted molar refractivity (Wildman–Crippen MR) is 51.2 cm³/mol. The number of Topliss-reactive ketones (excluding diaryl/α,β-unsaturated/α-hetero) is 1. The zero-order valence-corrected chi connectivity index (χ0v) is 8.20. The Hall–Kier alpha value is -1.18. The minimum Gasteiger partial charge on any atom is -0.302 e. The minimum atomic E-state index is -0.539. The first-order valence-corrected chi connectivity index (χ1v) is 4.45. The lowest BCUT2D eigenvalue weighted by molar-refractivity contribution is -0.123. The van der Waals surface area contributed by atoms with E-state index in [1.165, 1.54) is 0 Å². The van der Waals surface area contributed by atoms with Gasteiger partial charge < -0.3 is 4.79 Å². The van der Waals surface area contributed by atoms with Crippen molar-refractivity contribution in [2.24, 2.45) is 11.8 Å². The molecule has 2 heteroatoms. The predicted octanol–water partition coefficient (Wildman–Crippen LogP) is 1.91. The van der Waals surface area contributed by atoms with Crippen LogP contribution in [0.5, 0.6) is 0 Å². The van der Waals surface area contributed by atoms with E-state index in [1.54, 1.807) is 0 Å². The van der Waals surface area contributed by atoms with Gasteiger partial charge in [0.25, 0.3) is 0 Å². The van der Waals surface area contributed by atoms with Crippen molar-refractivity contribution < 1.29 is 9.59 Å². The Morgan fingerprint density at radius 1 is 1.38 bits per heavy atom. The fourth-order valence-corrected chi connectivity index (χ4v) is 1.44. The highest BCUT2D eigenvalue weighted by molar-refractivity contribution is 6.08. The number of carbonyl (C=O) groups excluding carboxylic acids is 2. The fraction of sp³-hybridized carbons (Fsp3) is 0.455. The van der Waals surface area contributed by atoms with Crippen LogP contribution in [0.25, 0.3) is 0 Å². The normalized spacial score (nSPS) is 22.8. The van der Waals surface area contributed by atoms with E-state index in [1.807, 2.05) is 32.9 Å². The summed E-state index contributed by atoms with van der Waals surface area (Å²) in [5.41, 5.74) is 1.59. The maximum absolute atomic E-state index is 11.7. The van der Waals surface area contributed by atoms with E-state index in [0.717, 1.165) is 17.4 Å². The molecule has 0 aromatic heterocycles. The van der Waals surface area contributed by atoms with Crippen LogP contribution in [0.2, 0.25) is 0 Å². The van der Waals surface area contributed by atoms with Gasteiger partial charge in [-0.3, -0.25) is 4.79 Å². The summed E-state index contributed by atoms with van der Waals surface area (Å²) in [5.74, 6) is -0.383. The summed E-state index contributed by atoms with van der Waals surface area (Å²) in [6.45, 7) is 5.73. The Morgan fingerprint density at radius 3 is 2.46 bits per heavy atom. The summed E-state index contributed by atoms with van der Waals surface area (Å²) in [6, 6.07) is 0. The fourth-order valence-electron chi connectivity index (χ4n) is 1.44. The van der Waals surface area contributed by atoms with E-state index < -0.39 is 5.92 Å². The average molecular weight is 178 g/mol. The molecule has 70 valence electrons. The zero-order valence-electron chi connectivity index (χ0n) is 8.20. The highest BCUT2D eigenvalue weighted by atomic mass is 16.1. The van der Waals surface area contributed by atoms with Crippen molar-refractivity contribution in [1.82, 2.24) is 0 Å². The summed E-state index contributed by atoms with van der Waals surface area (Å²) in [7, 11) is 0. The summed E-state index contributed by atoms with van der Waals surface area (Å²) in [5, 5.41) is 0. The van der Waals surface area contributed by atoms with Crippen molar-refractivity contribution >= 4 is 12.1 Å². The molecule has 0 saturated heterocycles. The summed E-state index contributed by atoms with van der Waals surface area (Å²) >= 11 is 0. The molecule has 0 fully saturated rings. The molecular formula is C11H14O2. The van der Waals surface area contributed by atoms with Crippen molar-refractivity contribution in [2.45, 2.75) is 20.8 Å². The first-order valence-electron chi connectivity index (χ1n) is 4.45. The molecule has 1 aliphatic carbocycles. The molecule has 0 amide bonds. The monoisotopic (exact) mass is 178 g/mol. The van der Waals surface area contributed by atoms with E-state index in [0.29, 0.717) is 0 Å². The number of ketones is 1. The molecule has 0 aliphatic heterocycles. The lowest BCUT2D eigenvalue weighted by Crippen LogP contribution is -2.24. The van der Waals surface area contributed by atoms with E-state index in [-0.39, 0.29) is 11.7 Å². The number of hydrogen-bond acceptors (Lipinski definition) is 2. The number of aldehydes is 1. The molecule has 0 N–H and O–H groups in total. The Kier molecular flexibility index (Phi) is 2.81. The van der Waals surface area contributed by atoms with Gasteiger partial charge in [-0.15, -0.1) is 0 Å². The molecule has 1 atom stereocenters. The van der Waals surface area contributed by atoms with Crippen LogP contribution in [0.4, 0.5) is 0 Å². The second-order valence-electron chi connectivity index (χ2n) is 3.67. The first-order chi connectivity index (χ1) is 6.07. The Bertz CT molecular complexity index is 295. The van der Waals surface area contributed by atoms with Gasteiger partial charge in [0.15, 0.2) is 5.78 Å². The van der Waals surface area contributed by atoms with Crippen molar-refractivity contribution in [3.05, 3.63) is 23.3 Å². The molecule has 1 unspecified atom stereocenters. The van der Waals surface area contributed by atoms with Gasteiger partial charge in [0.1, 0.15) is 6.29 Å². The molecule has 0 aromatic rings. The Labute approximate surface area is 78.3 Å². The second-order valence-corrected chi connectivity index (χ2v) is 3.67. The van der Waals surface area contributed by atoms with Gasteiger partial charge in [0.2, 0.25) is 0 Å². The molecule has 0 aromatic carbocycles. The largest absolute Gasteiger partial charge is 0.302 e. The number of rotatable bonds is 2. The second kappa shape index (κ2) is 3.69.